The van der Waals surface area contributed by atoms with Gasteiger partial charge >= 0.3 is 0 Å². The fourth-order valence-corrected chi connectivity index (χ4v) is 3.67. The normalized spacial score (nSPS) is 16.7. The highest BCUT2D eigenvalue weighted by molar-refractivity contribution is 6.74. The molecular weight excluding hydrogens is 312 g/mol. The van der Waals surface area contributed by atoms with Gasteiger partial charge in [0.1, 0.15) is 0 Å². The average Bonchev–Trinajstić information content (AvgIpc) is 2.37. The largest absolute Gasteiger partial charge is 0.413 e. The molecule has 0 spiro atoms. The molecule has 2 atom stereocenters. The number of aliphatic hydroxyl groups is 1. The maximum absolute atomic E-state index is 9.12. The fourth-order valence-electron chi connectivity index (χ4n) is 2.39. The summed E-state index contributed by atoms with van der Waals surface area (Å²) in [6, 6.07) is 0. The molecule has 0 saturated carbocycles. The standard InChI is InChI=1S/C18H37ClO2Si/c1-15(10-12-19)17(9-8-13-20)16(2)11-14-21-22(6,7)18(3,4)5/h11,15,17,20H,8-10,12-14H2,1-7H3/b16-11-/t15-,17+/m1/s1. The second-order valence-corrected chi connectivity index (χ2v) is 13.1. The Kier molecular flexibility index (Phi) is 10.2. The highest BCUT2D eigenvalue weighted by atomic mass is 35.5. The van der Waals surface area contributed by atoms with E-state index in [0.29, 0.717) is 24.3 Å². The highest BCUT2D eigenvalue weighted by Crippen LogP contribution is 2.36. The van der Waals surface area contributed by atoms with E-state index in [-0.39, 0.29) is 11.6 Å². The fraction of sp³-hybridized carbons (Fsp3) is 0.889. The van der Waals surface area contributed by atoms with Gasteiger partial charge in [-0.15, -0.1) is 11.6 Å². The second kappa shape index (κ2) is 10.1. The van der Waals surface area contributed by atoms with Crippen molar-refractivity contribution in [1.82, 2.24) is 0 Å². The lowest BCUT2D eigenvalue weighted by Gasteiger charge is -2.36. The molecule has 0 saturated heterocycles. The zero-order chi connectivity index (χ0) is 17.4. The molecule has 0 heterocycles. The molecule has 0 radical (unpaired) electrons. The molecule has 0 aromatic heterocycles. The topological polar surface area (TPSA) is 29.5 Å². The van der Waals surface area contributed by atoms with Crippen LogP contribution in [0.1, 0.15) is 53.9 Å². The summed E-state index contributed by atoms with van der Waals surface area (Å²) in [5.41, 5.74) is 1.38. The van der Waals surface area contributed by atoms with Gasteiger partial charge in [-0.05, 0) is 56.2 Å². The first-order valence-corrected chi connectivity index (χ1v) is 12.0. The van der Waals surface area contributed by atoms with Crippen LogP contribution in [0.3, 0.4) is 0 Å². The van der Waals surface area contributed by atoms with Gasteiger partial charge in [0.2, 0.25) is 0 Å². The van der Waals surface area contributed by atoms with Crippen molar-refractivity contribution in [2.45, 2.75) is 72.0 Å². The summed E-state index contributed by atoms with van der Waals surface area (Å²) >= 11 is 5.91. The number of alkyl halides is 1. The molecule has 0 aromatic carbocycles. The van der Waals surface area contributed by atoms with Crippen molar-refractivity contribution in [3.63, 3.8) is 0 Å². The SMILES string of the molecule is C/C(=C/CO[Si](C)(C)C(C)(C)C)[C@@H](CCCO)[C@H](C)CCCl. The number of aliphatic hydroxyl groups excluding tert-OH is 1. The summed E-state index contributed by atoms with van der Waals surface area (Å²) in [5.74, 6) is 1.74. The van der Waals surface area contributed by atoms with Crippen LogP contribution >= 0.6 is 11.6 Å². The van der Waals surface area contributed by atoms with Gasteiger partial charge in [-0.1, -0.05) is 39.3 Å². The smallest absolute Gasteiger partial charge is 0.192 e. The van der Waals surface area contributed by atoms with Gasteiger partial charge in [0.15, 0.2) is 8.32 Å². The Morgan fingerprint density at radius 1 is 1.27 bits per heavy atom. The van der Waals surface area contributed by atoms with Crippen molar-refractivity contribution in [1.29, 1.82) is 0 Å². The molecule has 0 bridgehead atoms. The van der Waals surface area contributed by atoms with Crippen molar-refractivity contribution in [2.24, 2.45) is 11.8 Å². The number of halogens is 1. The van der Waals surface area contributed by atoms with Gasteiger partial charge in [0, 0.05) is 12.5 Å². The van der Waals surface area contributed by atoms with Crippen molar-refractivity contribution in [3.8, 4) is 0 Å². The summed E-state index contributed by atoms with van der Waals surface area (Å²) in [4.78, 5) is 0. The molecule has 0 fully saturated rings. The molecule has 132 valence electrons. The van der Waals surface area contributed by atoms with Crippen LogP contribution in [0.2, 0.25) is 18.1 Å². The molecule has 0 rings (SSSR count). The van der Waals surface area contributed by atoms with Gasteiger partial charge in [0.25, 0.3) is 0 Å². The predicted octanol–water partition coefficient (Wildman–Crippen LogP) is 5.61. The molecule has 2 nitrogen and oxygen atoms in total. The molecule has 0 unspecified atom stereocenters. The maximum atomic E-state index is 9.12. The van der Waals surface area contributed by atoms with Crippen LogP contribution in [-0.2, 0) is 4.43 Å². The molecule has 0 aromatic rings. The maximum Gasteiger partial charge on any atom is 0.192 e. The Morgan fingerprint density at radius 2 is 1.86 bits per heavy atom. The minimum atomic E-state index is -1.68. The number of hydrogen-bond acceptors (Lipinski definition) is 2. The Labute approximate surface area is 144 Å². The van der Waals surface area contributed by atoms with Crippen molar-refractivity contribution in [2.75, 3.05) is 19.1 Å². The predicted molar refractivity (Wildman–Crippen MR) is 101 cm³/mol. The molecule has 0 aliphatic heterocycles. The van der Waals surface area contributed by atoms with Gasteiger partial charge in [-0.3, -0.25) is 0 Å². The third-order valence-corrected chi connectivity index (χ3v) is 9.88. The quantitative estimate of drug-likeness (QED) is 0.316. The zero-order valence-corrected chi connectivity index (χ0v) is 17.5. The van der Waals surface area contributed by atoms with Gasteiger partial charge in [-0.25, -0.2) is 0 Å². The lowest BCUT2D eigenvalue weighted by Crippen LogP contribution is -2.40. The molecule has 0 aliphatic rings. The first-order chi connectivity index (χ1) is 10.1. The van der Waals surface area contributed by atoms with E-state index in [1.54, 1.807) is 0 Å². The lowest BCUT2D eigenvalue weighted by atomic mass is 9.82. The Hall–Kier alpha value is 0.167. The summed E-state index contributed by atoms with van der Waals surface area (Å²) in [5, 5.41) is 9.36. The molecule has 0 amide bonds. The van der Waals surface area contributed by atoms with E-state index in [1.165, 1.54) is 5.57 Å². The molecule has 4 heteroatoms. The molecule has 0 aliphatic carbocycles. The summed E-state index contributed by atoms with van der Waals surface area (Å²) in [7, 11) is -1.68. The molecular formula is C18H37ClO2Si. The number of hydrogen-bond donors (Lipinski definition) is 1. The van der Waals surface area contributed by atoms with E-state index in [2.05, 4.69) is 53.8 Å². The van der Waals surface area contributed by atoms with Gasteiger partial charge < -0.3 is 9.53 Å². The summed E-state index contributed by atoms with van der Waals surface area (Å²) in [6.45, 7) is 16.8. The van der Waals surface area contributed by atoms with Crippen molar-refractivity contribution in [3.05, 3.63) is 11.6 Å². The Bertz CT molecular complexity index is 334. The second-order valence-electron chi connectivity index (χ2n) is 7.95. The van der Waals surface area contributed by atoms with E-state index in [4.69, 9.17) is 21.1 Å². The van der Waals surface area contributed by atoms with Crippen LogP contribution in [0, 0.1) is 11.8 Å². The summed E-state index contributed by atoms with van der Waals surface area (Å²) in [6.07, 6.45) is 5.14. The molecule has 22 heavy (non-hydrogen) atoms. The Balaban J connectivity index is 4.74. The van der Waals surface area contributed by atoms with E-state index in [0.717, 1.165) is 19.3 Å². The first kappa shape index (κ1) is 22.2. The monoisotopic (exact) mass is 348 g/mol. The highest BCUT2D eigenvalue weighted by Gasteiger charge is 2.36. The number of allylic oxidation sites excluding steroid dienone is 1. The van der Waals surface area contributed by atoms with Crippen LogP contribution in [0.4, 0.5) is 0 Å². The van der Waals surface area contributed by atoms with Crippen molar-refractivity contribution < 1.29 is 9.53 Å². The Morgan fingerprint density at radius 3 is 2.32 bits per heavy atom. The van der Waals surface area contributed by atoms with Gasteiger partial charge in [0.05, 0.1) is 6.61 Å². The number of rotatable bonds is 10. The van der Waals surface area contributed by atoms with Crippen molar-refractivity contribution >= 4 is 19.9 Å². The van der Waals surface area contributed by atoms with Crippen LogP contribution in [0.15, 0.2) is 11.6 Å². The van der Waals surface area contributed by atoms with Crippen LogP contribution < -0.4 is 0 Å². The summed E-state index contributed by atoms with van der Waals surface area (Å²) < 4.78 is 6.25. The molecule has 1 N–H and O–H groups in total. The van der Waals surface area contributed by atoms with Gasteiger partial charge in [-0.2, -0.15) is 0 Å². The van der Waals surface area contributed by atoms with E-state index in [9.17, 15) is 0 Å². The third-order valence-electron chi connectivity index (χ3n) is 5.17. The zero-order valence-electron chi connectivity index (χ0n) is 15.7. The van der Waals surface area contributed by atoms with E-state index >= 15 is 0 Å². The third kappa shape index (κ3) is 7.63. The minimum absolute atomic E-state index is 0.247. The lowest BCUT2D eigenvalue weighted by molar-refractivity contribution is 0.260. The van der Waals surface area contributed by atoms with Crippen LogP contribution in [0.25, 0.3) is 0 Å². The van der Waals surface area contributed by atoms with Crippen LogP contribution in [0.5, 0.6) is 0 Å². The minimum Gasteiger partial charge on any atom is -0.413 e. The van der Waals surface area contributed by atoms with Crippen LogP contribution in [-0.4, -0.2) is 32.5 Å². The average molecular weight is 349 g/mol. The van der Waals surface area contributed by atoms with E-state index < -0.39 is 8.32 Å². The van der Waals surface area contributed by atoms with E-state index in [1.807, 2.05) is 0 Å². The first-order valence-electron chi connectivity index (χ1n) is 8.54.